The molecule has 0 aliphatic carbocycles. The van der Waals surface area contributed by atoms with Crippen molar-refractivity contribution >= 4 is 6.29 Å². The summed E-state index contributed by atoms with van der Waals surface area (Å²) in [5.41, 5.74) is 0. The first kappa shape index (κ1) is 23.7. The molecule has 0 aromatic heterocycles. The van der Waals surface area contributed by atoms with E-state index in [-0.39, 0.29) is 61.6 Å². The summed E-state index contributed by atoms with van der Waals surface area (Å²) in [7, 11) is 0. The minimum absolute atomic E-state index is 0. The van der Waals surface area contributed by atoms with Crippen molar-refractivity contribution in [3.8, 4) is 0 Å². The molecule has 1 radical (unpaired) electrons. The molecule has 0 aromatic carbocycles. The number of allylic oxidation sites excluding steroid dienone is 1. The fourth-order valence-electron chi connectivity index (χ4n) is 0. The predicted octanol–water partition coefficient (Wildman–Crippen LogP) is 0.275. The van der Waals surface area contributed by atoms with E-state index in [1.54, 1.807) is 0 Å². The van der Waals surface area contributed by atoms with Crippen LogP contribution in [0.15, 0.2) is 12.7 Å². The molecule has 0 bridgehead atoms. The third kappa shape index (κ3) is 37.3. The van der Waals surface area contributed by atoms with Gasteiger partial charge in [0, 0.05) is 61.6 Å². The second-order valence-electron chi connectivity index (χ2n) is 0.322. The molecule has 0 unspecified atom stereocenters. The van der Waals surface area contributed by atoms with Gasteiger partial charge in [-0.2, -0.15) is 0 Å². The Morgan fingerprint density at radius 2 is 1.57 bits per heavy atom. The van der Waals surface area contributed by atoms with Crippen LogP contribution in [-0.2, 0) is 66.4 Å². The molecule has 51 valence electrons. The van der Waals surface area contributed by atoms with Crippen molar-refractivity contribution in [2.45, 2.75) is 0 Å². The van der Waals surface area contributed by atoms with Crippen molar-refractivity contribution < 1.29 is 66.4 Å². The molecule has 0 atom stereocenters. The van der Waals surface area contributed by atoms with Crippen LogP contribution < -0.4 is 0 Å². The number of carbonyl (C=O) groups excluding carboxylic acids is 1. The molecule has 4 heteroatoms. The fourth-order valence-corrected chi connectivity index (χ4v) is 0. The smallest absolute Gasteiger partial charge is 0 e. The molecular formula is C3H3OPt2Rh-. The van der Waals surface area contributed by atoms with Crippen molar-refractivity contribution in [3.63, 3.8) is 0 Å². The van der Waals surface area contributed by atoms with Crippen LogP contribution in [0, 0.1) is 0 Å². The average Bonchev–Trinajstić information content (AvgIpc) is 1.37. The normalized spacial score (nSPS) is 2.86. The van der Waals surface area contributed by atoms with Gasteiger partial charge in [0.2, 0.25) is 0 Å². The Morgan fingerprint density at radius 3 is 1.57 bits per heavy atom. The number of hydrogen-bond donors (Lipinski definition) is 0. The zero-order valence-electron chi connectivity index (χ0n) is 3.16. The molecule has 0 saturated heterocycles. The Balaban J connectivity index is -0.0000000150. The summed E-state index contributed by atoms with van der Waals surface area (Å²) < 4.78 is 0. The fraction of sp³-hybridized carbons (Fsp3) is 0. The first-order valence-corrected chi connectivity index (χ1v) is 0.901. The maximum atomic E-state index is 8.93. The van der Waals surface area contributed by atoms with Crippen LogP contribution >= 0.6 is 0 Å². The summed E-state index contributed by atoms with van der Waals surface area (Å²) in [6.07, 6.45) is 2.51. The Bertz CT molecular complexity index is 33.9. The molecule has 1 nitrogen and oxygen atoms in total. The molecule has 0 aliphatic heterocycles. The minimum atomic E-state index is 0. The quantitative estimate of drug-likeness (QED) is 0.262. The molecule has 0 aromatic rings. The van der Waals surface area contributed by atoms with E-state index in [9.17, 15) is 0 Å². The molecule has 0 spiro atoms. The maximum Gasteiger partial charge on any atom is 0 e. The van der Waals surface area contributed by atoms with Gasteiger partial charge in [-0.1, -0.05) is 0 Å². The zero-order chi connectivity index (χ0) is 3.41. The molecule has 0 fully saturated rings. The summed E-state index contributed by atoms with van der Waals surface area (Å²) in [4.78, 5) is 8.93. The predicted molar refractivity (Wildman–Crippen MR) is 15.9 cm³/mol. The van der Waals surface area contributed by atoms with E-state index in [2.05, 4.69) is 6.58 Å². The van der Waals surface area contributed by atoms with E-state index in [1.165, 1.54) is 6.29 Å². The number of hydrogen-bond acceptors (Lipinski definition) is 1. The first-order chi connectivity index (χ1) is 1.91. The summed E-state index contributed by atoms with van der Waals surface area (Å²) in [6.45, 7) is 3.06. The SMILES string of the molecule is C=C[C-]=O.[Pt].[Pt].[Rh]. The summed E-state index contributed by atoms with van der Waals surface area (Å²) in [5, 5.41) is 0. The molecular weight excluding hydrogens is 545 g/mol. The Labute approximate surface area is 84.6 Å². The van der Waals surface area contributed by atoms with Gasteiger partial charge in [0.15, 0.2) is 0 Å². The van der Waals surface area contributed by atoms with Gasteiger partial charge in [-0.25, -0.2) is 12.7 Å². The molecule has 0 N–H and O–H groups in total. The van der Waals surface area contributed by atoms with Crippen LogP contribution in [0.3, 0.4) is 0 Å². The van der Waals surface area contributed by atoms with Gasteiger partial charge in [0.1, 0.15) is 0 Å². The third-order valence-electron chi connectivity index (χ3n) is 0.0833. The van der Waals surface area contributed by atoms with E-state index in [1.807, 2.05) is 0 Å². The number of rotatable bonds is 1. The van der Waals surface area contributed by atoms with Crippen molar-refractivity contribution in [1.29, 1.82) is 0 Å². The van der Waals surface area contributed by atoms with Gasteiger partial charge >= 0.3 is 0 Å². The molecule has 0 amide bonds. The Morgan fingerprint density at radius 1 is 1.43 bits per heavy atom. The van der Waals surface area contributed by atoms with E-state index >= 15 is 0 Å². The van der Waals surface area contributed by atoms with Crippen LogP contribution in [0.4, 0.5) is 0 Å². The Kier molecular flexibility index (Phi) is 88.8. The van der Waals surface area contributed by atoms with Crippen molar-refractivity contribution in [3.05, 3.63) is 12.7 Å². The molecule has 7 heavy (non-hydrogen) atoms. The minimum Gasteiger partial charge on any atom is -0.419 e. The van der Waals surface area contributed by atoms with E-state index in [0.29, 0.717) is 0 Å². The summed E-state index contributed by atoms with van der Waals surface area (Å²) in [5.74, 6) is 0. The van der Waals surface area contributed by atoms with Crippen molar-refractivity contribution in [1.82, 2.24) is 0 Å². The molecule has 0 heterocycles. The zero-order valence-corrected chi connectivity index (χ0v) is 9.34. The van der Waals surface area contributed by atoms with E-state index in [0.717, 1.165) is 6.08 Å². The van der Waals surface area contributed by atoms with Crippen LogP contribution in [-0.4, -0.2) is 6.29 Å². The topological polar surface area (TPSA) is 17.1 Å². The van der Waals surface area contributed by atoms with Crippen molar-refractivity contribution in [2.75, 3.05) is 0 Å². The monoisotopic (exact) mass is 548 g/mol. The Hall–Kier alpha value is 1.41. The van der Waals surface area contributed by atoms with Gasteiger partial charge in [0.25, 0.3) is 0 Å². The first-order valence-electron chi connectivity index (χ1n) is 0.901. The van der Waals surface area contributed by atoms with Gasteiger partial charge in [-0.15, -0.1) is 0 Å². The van der Waals surface area contributed by atoms with E-state index in [4.69, 9.17) is 4.79 Å². The van der Waals surface area contributed by atoms with Gasteiger partial charge in [0.05, 0.1) is 0 Å². The standard InChI is InChI=1S/C3H3O.2Pt.Rh/c1-2-3-4;;;/h2H,1H2;;;/q-1;;;. The van der Waals surface area contributed by atoms with Crippen LogP contribution in [0.2, 0.25) is 0 Å². The van der Waals surface area contributed by atoms with Crippen molar-refractivity contribution in [2.24, 2.45) is 0 Å². The van der Waals surface area contributed by atoms with Crippen LogP contribution in [0.5, 0.6) is 0 Å². The largest absolute Gasteiger partial charge is 0.419 e. The molecule has 0 rings (SSSR count). The van der Waals surface area contributed by atoms with Gasteiger partial charge in [-0.05, 0) is 6.29 Å². The van der Waals surface area contributed by atoms with Gasteiger partial charge < -0.3 is 4.79 Å². The van der Waals surface area contributed by atoms with Crippen LogP contribution in [0.1, 0.15) is 0 Å². The van der Waals surface area contributed by atoms with Crippen LogP contribution in [0.25, 0.3) is 0 Å². The maximum absolute atomic E-state index is 8.93. The van der Waals surface area contributed by atoms with Gasteiger partial charge in [-0.3, -0.25) is 0 Å². The third-order valence-corrected chi connectivity index (χ3v) is 0.0833. The molecule has 0 saturated carbocycles. The average molecular weight is 548 g/mol. The molecule has 0 aliphatic rings. The summed E-state index contributed by atoms with van der Waals surface area (Å²) >= 11 is 0. The second-order valence-corrected chi connectivity index (χ2v) is 0.322. The summed E-state index contributed by atoms with van der Waals surface area (Å²) in [6, 6.07) is 0. The van der Waals surface area contributed by atoms with E-state index < -0.39 is 0 Å². The second kappa shape index (κ2) is 26.2.